The number of nitrogens with zero attached hydrogens (tertiary/aromatic N) is 2. The highest BCUT2D eigenvalue weighted by Crippen LogP contribution is 2.25. The smallest absolute Gasteiger partial charge is 0.269 e. The third kappa shape index (κ3) is 4.64. The summed E-state index contributed by atoms with van der Waals surface area (Å²) in [6, 6.07) is 4.53. The maximum Gasteiger partial charge on any atom is 0.269 e. The number of benzene rings is 1. The average Bonchev–Trinajstić information content (AvgIpc) is 2.48. The zero-order valence-corrected chi connectivity index (χ0v) is 12.5. The van der Waals surface area contributed by atoms with Crippen LogP contribution in [0.4, 0.5) is 5.69 Å². The molecule has 1 saturated heterocycles. The van der Waals surface area contributed by atoms with Gasteiger partial charge in [-0.3, -0.25) is 15.0 Å². The maximum atomic E-state index is 10.8. The van der Waals surface area contributed by atoms with Crippen molar-refractivity contribution in [2.45, 2.75) is 25.5 Å². The molecule has 21 heavy (non-hydrogen) atoms. The molecule has 0 aromatic heterocycles. The van der Waals surface area contributed by atoms with Crippen molar-refractivity contribution in [3.63, 3.8) is 0 Å². The number of likely N-dealkylation sites (tertiary alicyclic amines) is 1. The van der Waals surface area contributed by atoms with Gasteiger partial charge in [-0.25, -0.2) is 0 Å². The number of nitro groups is 1. The molecule has 2 rings (SSSR count). The van der Waals surface area contributed by atoms with Gasteiger partial charge in [0.1, 0.15) is 0 Å². The third-order valence-electron chi connectivity index (χ3n) is 3.61. The Bertz CT molecular complexity index is 490. The molecule has 1 aliphatic rings. The molecule has 0 aliphatic carbocycles. The Hall–Kier alpha value is -1.21. The van der Waals surface area contributed by atoms with Crippen LogP contribution >= 0.6 is 11.6 Å². The minimum atomic E-state index is -0.408. The molecule has 0 amide bonds. The van der Waals surface area contributed by atoms with Crippen LogP contribution in [0.25, 0.3) is 0 Å². The zero-order valence-electron chi connectivity index (χ0n) is 11.7. The molecule has 0 saturated carbocycles. The molecule has 6 nitrogen and oxygen atoms in total. The Morgan fingerprint density at radius 2 is 2.14 bits per heavy atom. The molecule has 0 radical (unpaired) electrons. The fourth-order valence-electron chi connectivity index (χ4n) is 2.49. The van der Waals surface area contributed by atoms with Gasteiger partial charge in [0.15, 0.2) is 0 Å². The molecule has 7 heteroatoms. The van der Waals surface area contributed by atoms with Gasteiger partial charge in [0.2, 0.25) is 0 Å². The highest BCUT2D eigenvalue weighted by atomic mass is 35.5. The van der Waals surface area contributed by atoms with Crippen molar-refractivity contribution in [1.82, 2.24) is 4.90 Å². The van der Waals surface area contributed by atoms with Crippen molar-refractivity contribution in [3.05, 3.63) is 38.9 Å². The molecule has 1 aromatic rings. The maximum absolute atomic E-state index is 10.8. The van der Waals surface area contributed by atoms with Crippen molar-refractivity contribution in [2.75, 3.05) is 26.3 Å². The minimum absolute atomic E-state index is 0.0451. The van der Waals surface area contributed by atoms with Crippen LogP contribution in [-0.4, -0.2) is 47.3 Å². The number of hydrogen-bond acceptors (Lipinski definition) is 5. The van der Waals surface area contributed by atoms with Crippen molar-refractivity contribution >= 4 is 17.3 Å². The van der Waals surface area contributed by atoms with Crippen molar-refractivity contribution in [2.24, 2.45) is 0 Å². The van der Waals surface area contributed by atoms with Gasteiger partial charge in [-0.05, 0) is 24.5 Å². The first-order chi connectivity index (χ1) is 10.1. The lowest BCUT2D eigenvalue weighted by Crippen LogP contribution is -2.37. The number of halogens is 1. The summed E-state index contributed by atoms with van der Waals surface area (Å²) < 4.78 is 5.51. The Labute approximate surface area is 128 Å². The Balaban J connectivity index is 1.91. The van der Waals surface area contributed by atoms with E-state index in [9.17, 15) is 10.1 Å². The second kappa shape index (κ2) is 7.70. The van der Waals surface area contributed by atoms with Gasteiger partial charge in [0.05, 0.1) is 24.2 Å². The largest absolute Gasteiger partial charge is 0.394 e. The van der Waals surface area contributed by atoms with Gasteiger partial charge in [0, 0.05) is 36.8 Å². The van der Waals surface area contributed by atoms with Gasteiger partial charge < -0.3 is 9.84 Å². The molecule has 116 valence electrons. The molecule has 0 bridgehead atoms. The van der Waals surface area contributed by atoms with Gasteiger partial charge in [0.25, 0.3) is 5.69 Å². The molecule has 0 atom stereocenters. The summed E-state index contributed by atoms with van der Waals surface area (Å²) in [7, 11) is 0. The lowest BCUT2D eigenvalue weighted by molar-refractivity contribution is -0.384. The van der Waals surface area contributed by atoms with Gasteiger partial charge in [-0.15, -0.1) is 0 Å². The highest BCUT2D eigenvalue weighted by Gasteiger charge is 2.21. The molecule has 1 N–H and O–H groups in total. The topological polar surface area (TPSA) is 75.8 Å². The van der Waals surface area contributed by atoms with Gasteiger partial charge in [-0.1, -0.05) is 11.6 Å². The number of piperidine rings is 1. The van der Waals surface area contributed by atoms with Crippen LogP contribution in [0.1, 0.15) is 18.4 Å². The molecule has 1 heterocycles. The summed E-state index contributed by atoms with van der Waals surface area (Å²) in [6.45, 7) is 2.74. The number of aliphatic hydroxyl groups excluding tert-OH is 1. The second-order valence-corrected chi connectivity index (χ2v) is 5.51. The van der Waals surface area contributed by atoms with E-state index in [1.165, 1.54) is 12.1 Å². The Kier molecular flexibility index (Phi) is 5.93. The molecule has 0 spiro atoms. The van der Waals surface area contributed by atoms with Gasteiger partial charge >= 0.3 is 0 Å². The number of ether oxygens (including phenoxy) is 1. The fraction of sp³-hybridized carbons (Fsp3) is 0.571. The number of hydrogen-bond donors (Lipinski definition) is 1. The monoisotopic (exact) mass is 314 g/mol. The van der Waals surface area contributed by atoms with E-state index in [0.29, 0.717) is 18.2 Å². The quantitative estimate of drug-likeness (QED) is 0.643. The lowest BCUT2D eigenvalue weighted by atomic mass is 10.1. The molecular weight excluding hydrogens is 296 g/mol. The fourth-order valence-corrected chi connectivity index (χ4v) is 2.67. The van der Waals surface area contributed by atoms with E-state index in [1.807, 2.05) is 0 Å². The molecule has 1 aliphatic heterocycles. The number of nitro benzene ring substituents is 1. The van der Waals surface area contributed by atoms with E-state index in [4.69, 9.17) is 21.4 Å². The first-order valence-electron chi connectivity index (χ1n) is 6.98. The van der Waals surface area contributed by atoms with Gasteiger partial charge in [-0.2, -0.15) is 0 Å². The van der Waals surface area contributed by atoms with Crippen LogP contribution in [0.3, 0.4) is 0 Å². The van der Waals surface area contributed by atoms with Crippen molar-refractivity contribution < 1.29 is 14.8 Å². The van der Waals surface area contributed by atoms with E-state index >= 15 is 0 Å². The van der Waals surface area contributed by atoms with Crippen LogP contribution in [-0.2, 0) is 11.3 Å². The predicted molar refractivity (Wildman–Crippen MR) is 79.4 cm³/mol. The summed E-state index contributed by atoms with van der Waals surface area (Å²) in [4.78, 5) is 12.6. The summed E-state index contributed by atoms with van der Waals surface area (Å²) in [5, 5.41) is 20.1. The number of non-ortho nitro benzene ring substituents is 1. The summed E-state index contributed by atoms with van der Waals surface area (Å²) >= 11 is 6.12. The summed E-state index contributed by atoms with van der Waals surface area (Å²) in [5.74, 6) is 0. The molecule has 0 unspecified atom stereocenters. The number of aliphatic hydroxyl groups is 1. The van der Waals surface area contributed by atoms with Crippen LogP contribution in [0.5, 0.6) is 0 Å². The van der Waals surface area contributed by atoms with Crippen LogP contribution in [0.15, 0.2) is 18.2 Å². The number of rotatable bonds is 6. The SMILES string of the molecule is O=[N+]([O-])c1ccc(Cl)c(CN2CCC(OCCO)CC2)c1. The molecule has 1 fully saturated rings. The lowest BCUT2D eigenvalue weighted by Gasteiger charge is -2.31. The third-order valence-corrected chi connectivity index (χ3v) is 3.98. The Morgan fingerprint density at radius 1 is 1.43 bits per heavy atom. The van der Waals surface area contributed by atoms with Crippen LogP contribution < -0.4 is 0 Å². The summed E-state index contributed by atoms with van der Waals surface area (Å²) in [5.41, 5.74) is 0.844. The predicted octanol–water partition coefficient (Wildman–Crippen LogP) is 2.22. The first kappa shape index (κ1) is 16.2. The van der Waals surface area contributed by atoms with Crippen LogP contribution in [0, 0.1) is 10.1 Å². The second-order valence-electron chi connectivity index (χ2n) is 5.10. The first-order valence-corrected chi connectivity index (χ1v) is 7.35. The van der Waals surface area contributed by atoms with E-state index in [-0.39, 0.29) is 18.4 Å². The molecular formula is C14H19ClN2O4. The normalized spacial score (nSPS) is 17.0. The average molecular weight is 315 g/mol. The van der Waals surface area contributed by atoms with E-state index < -0.39 is 4.92 Å². The Morgan fingerprint density at radius 3 is 2.76 bits per heavy atom. The van der Waals surface area contributed by atoms with Crippen molar-refractivity contribution in [3.8, 4) is 0 Å². The van der Waals surface area contributed by atoms with Crippen LogP contribution in [0.2, 0.25) is 5.02 Å². The van der Waals surface area contributed by atoms with E-state index in [2.05, 4.69) is 4.90 Å². The van der Waals surface area contributed by atoms with Crippen molar-refractivity contribution in [1.29, 1.82) is 0 Å². The van der Waals surface area contributed by atoms with E-state index in [0.717, 1.165) is 31.5 Å². The highest BCUT2D eigenvalue weighted by molar-refractivity contribution is 6.31. The molecule has 1 aromatic carbocycles. The van der Waals surface area contributed by atoms with E-state index in [1.54, 1.807) is 6.07 Å². The zero-order chi connectivity index (χ0) is 15.2. The minimum Gasteiger partial charge on any atom is -0.394 e. The standard InChI is InChI=1S/C14H19ClN2O4/c15-14-2-1-12(17(19)20)9-11(14)10-16-5-3-13(4-6-16)21-8-7-18/h1-2,9,13,18H,3-8,10H2. The summed E-state index contributed by atoms with van der Waals surface area (Å²) in [6.07, 6.45) is 1.98.